The number of hydrogen-bond donors (Lipinski definition) is 1. The molecule has 0 saturated carbocycles. The lowest BCUT2D eigenvalue weighted by Crippen LogP contribution is -2.14. The van der Waals surface area contributed by atoms with Gasteiger partial charge >= 0.3 is 0 Å². The maximum absolute atomic E-state index is 11.5. The van der Waals surface area contributed by atoms with Crippen LogP contribution < -0.4 is 4.72 Å². The van der Waals surface area contributed by atoms with Crippen molar-refractivity contribution in [1.82, 2.24) is 10.2 Å². The molecule has 0 aliphatic carbocycles. The summed E-state index contributed by atoms with van der Waals surface area (Å²) in [5.41, 5.74) is 1.96. The van der Waals surface area contributed by atoms with Gasteiger partial charge in [-0.15, -0.1) is 10.2 Å². The maximum atomic E-state index is 11.5. The summed E-state index contributed by atoms with van der Waals surface area (Å²) in [4.78, 5) is 0. The van der Waals surface area contributed by atoms with Crippen molar-refractivity contribution < 1.29 is 12.8 Å². The molecule has 6 nitrogen and oxygen atoms in total. The molecule has 0 radical (unpaired) electrons. The molecule has 0 saturated heterocycles. The molecule has 0 atom stereocenters. The minimum Gasteiger partial charge on any atom is -0.423 e. The summed E-state index contributed by atoms with van der Waals surface area (Å²) >= 11 is 2.92. The summed E-state index contributed by atoms with van der Waals surface area (Å²) < 4.78 is 30.4. The Balaban J connectivity index is 2.39. The molecule has 18 heavy (non-hydrogen) atoms. The number of anilines is 1. The van der Waals surface area contributed by atoms with E-state index in [-0.39, 0.29) is 4.66 Å². The fourth-order valence-electron chi connectivity index (χ4n) is 1.36. The number of benzene rings is 1. The largest absolute Gasteiger partial charge is 0.423 e. The summed E-state index contributed by atoms with van der Waals surface area (Å²) in [5.74, 6) is 0.342. The van der Waals surface area contributed by atoms with Gasteiger partial charge in [0, 0.05) is 5.56 Å². The number of nitrogens with zero attached hydrogens (tertiary/aromatic N) is 2. The van der Waals surface area contributed by atoms with Crippen molar-refractivity contribution >= 4 is 31.6 Å². The van der Waals surface area contributed by atoms with E-state index >= 15 is 0 Å². The van der Waals surface area contributed by atoms with Crippen LogP contribution in [0.5, 0.6) is 0 Å². The Bertz CT molecular complexity index is 640. The van der Waals surface area contributed by atoms with Crippen molar-refractivity contribution in [3.05, 3.63) is 30.2 Å². The zero-order chi connectivity index (χ0) is 13.2. The Morgan fingerprint density at radius 2 is 2.22 bits per heavy atom. The van der Waals surface area contributed by atoms with Crippen molar-refractivity contribution in [1.29, 1.82) is 0 Å². The standard InChI is InChI=1S/C10H10BrN3O3S/c1-7-2-3-8(10-13-12-6-17-10)4-9(7)14-18(15,16)5-11/h2-4,6,14H,5H2,1H3. The second-order valence-electron chi connectivity index (χ2n) is 3.60. The number of rotatable bonds is 4. The van der Waals surface area contributed by atoms with E-state index in [4.69, 9.17) is 4.42 Å². The van der Waals surface area contributed by atoms with Gasteiger partial charge < -0.3 is 4.42 Å². The van der Waals surface area contributed by atoms with Crippen molar-refractivity contribution in [2.75, 3.05) is 9.38 Å². The number of alkyl halides is 1. The molecule has 0 aliphatic heterocycles. The molecule has 96 valence electrons. The van der Waals surface area contributed by atoms with Crippen LogP contribution in [0.25, 0.3) is 11.5 Å². The molecule has 0 unspecified atom stereocenters. The van der Waals surface area contributed by atoms with Crippen LogP contribution in [0.15, 0.2) is 29.0 Å². The van der Waals surface area contributed by atoms with Crippen LogP contribution in [-0.4, -0.2) is 23.3 Å². The number of aryl methyl sites for hydroxylation is 1. The summed E-state index contributed by atoms with van der Waals surface area (Å²) in [7, 11) is -3.38. The van der Waals surface area contributed by atoms with Gasteiger partial charge in [0.25, 0.3) is 0 Å². The molecule has 8 heteroatoms. The first-order chi connectivity index (χ1) is 8.52. The van der Waals surface area contributed by atoms with Crippen LogP contribution in [0.1, 0.15) is 5.56 Å². The third kappa shape index (κ3) is 2.88. The fourth-order valence-corrected chi connectivity index (χ4v) is 2.31. The molecule has 0 fully saturated rings. The fraction of sp³-hybridized carbons (Fsp3) is 0.200. The summed E-state index contributed by atoms with van der Waals surface area (Å²) in [5, 5.41) is 7.35. The minimum atomic E-state index is -3.38. The van der Waals surface area contributed by atoms with Gasteiger partial charge in [0.15, 0.2) is 0 Å². The molecule has 0 spiro atoms. The highest BCUT2D eigenvalue weighted by atomic mass is 79.9. The van der Waals surface area contributed by atoms with Gasteiger partial charge in [-0.05, 0) is 24.6 Å². The van der Waals surface area contributed by atoms with Crippen LogP contribution in [0, 0.1) is 6.92 Å². The zero-order valence-corrected chi connectivity index (χ0v) is 11.8. The average molecular weight is 332 g/mol. The quantitative estimate of drug-likeness (QED) is 0.867. The first-order valence-electron chi connectivity index (χ1n) is 4.95. The first kappa shape index (κ1) is 13.0. The molecule has 0 aliphatic rings. The van der Waals surface area contributed by atoms with E-state index in [1.165, 1.54) is 6.39 Å². The number of halogens is 1. The third-order valence-corrected chi connectivity index (χ3v) is 4.88. The van der Waals surface area contributed by atoms with Gasteiger partial charge in [0.2, 0.25) is 22.3 Å². The SMILES string of the molecule is Cc1ccc(-c2nnco2)cc1NS(=O)(=O)CBr. The molecule has 0 amide bonds. The lowest BCUT2D eigenvalue weighted by Gasteiger charge is -2.09. The summed E-state index contributed by atoms with van der Waals surface area (Å²) in [6, 6.07) is 5.23. The number of sulfonamides is 1. The molecule has 0 bridgehead atoms. The number of hydrogen-bond acceptors (Lipinski definition) is 5. The smallest absolute Gasteiger partial charge is 0.247 e. The Kier molecular flexibility index (Phi) is 3.67. The Hall–Kier alpha value is -1.41. The van der Waals surface area contributed by atoms with Crippen LogP contribution >= 0.6 is 15.9 Å². The molecule has 1 heterocycles. The van der Waals surface area contributed by atoms with E-state index in [9.17, 15) is 8.42 Å². The van der Waals surface area contributed by atoms with Crippen molar-refractivity contribution in [2.45, 2.75) is 6.92 Å². The molecular formula is C10H10BrN3O3S. The van der Waals surface area contributed by atoms with Crippen LogP contribution in [0.2, 0.25) is 0 Å². The summed E-state index contributed by atoms with van der Waals surface area (Å²) in [6.07, 6.45) is 1.22. The molecule has 2 aromatic rings. The van der Waals surface area contributed by atoms with Crippen LogP contribution in [0.3, 0.4) is 0 Å². The minimum absolute atomic E-state index is 0.162. The Labute approximate surface area is 113 Å². The van der Waals surface area contributed by atoms with Gasteiger partial charge in [0.05, 0.1) is 5.69 Å². The monoisotopic (exact) mass is 331 g/mol. The van der Waals surface area contributed by atoms with Crippen molar-refractivity contribution in [2.24, 2.45) is 0 Å². The second-order valence-corrected chi connectivity index (χ2v) is 6.62. The van der Waals surface area contributed by atoms with Gasteiger partial charge in [-0.1, -0.05) is 22.0 Å². The van der Waals surface area contributed by atoms with Gasteiger partial charge in [-0.2, -0.15) is 0 Å². The van der Waals surface area contributed by atoms with E-state index in [2.05, 4.69) is 30.8 Å². The topological polar surface area (TPSA) is 85.1 Å². The molecule has 1 aromatic carbocycles. The second kappa shape index (κ2) is 5.07. The third-order valence-electron chi connectivity index (χ3n) is 2.25. The highest BCUT2D eigenvalue weighted by Crippen LogP contribution is 2.24. The molecule has 1 N–H and O–H groups in total. The first-order valence-corrected chi connectivity index (χ1v) is 7.73. The maximum Gasteiger partial charge on any atom is 0.247 e. The Morgan fingerprint density at radius 1 is 1.44 bits per heavy atom. The average Bonchev–Trinajstić information content (AvgIpc) is 2.85. The Morgan fingerprint density at radius 3 is 2.83 bits per heavy atom. The van der Waals surface area contributed by atoms with Crippen LogP contribution in [-0.2, 0) is 10.0 Å². The van der Waals surface area contributed by atoms with E-state index < -0.39 is 10.0 Å². The van der Waals surface area contributed by atoms with Gasteiger partial charge in [-0.25, -0.2) is 8.42 Å². The normalized spacial score (nSPS) is 11.4. The van der Waals surface area contributed by atoms with E-state index in [1.54, 1.807) is 18.2 Å². The highest BCUT2D eigenvalue weighted by molar-refractivity contribution is 9.10. The lowest BCUT2D eigenvalue weighted by atomic mass is 10.1. The zero-order valence-electron chi connectivity index (χ0n) is 9.42. The summed E-state index contributed by atoms with van der Waals surface area (Å²) in [6.45, 7) is 1.81. The van der Waals surface area contributed by atoms with Gasteiger partial charge in [-0.3, -0.25) is 4.72 Å². The number of aromatic nitrogens is 2. The predicted octanol–water partition coefficient (Wildman–Crippen LogP) is 2.14. The molecule has 2 rings (SSSR count). The highest BCUT2D eigenvalue weighted by Gasteiger charge is 2.12. The van der Waals surface area contributed by atoms with Crippen LogP contribution in [0.4, 0.5) is 5.69 Å². The lowest BCUT2D eigenvalue weighted by molar-refractivity contribution is 0.568. The van der Waals surface area contributed by atoms with E-state index in [1.807, 2.05) is 6.92 Å². The molecule has 1 aromatic heterocycles. The van der Waals surface area contributed by atoms with E-state index in [0.29, 0.717) is 17.1 Å². The van der Waals surface area contributed by atoms with E-state index in [0.717, 1.165) is 5.56 Å². The van der Waals surface area contributed by atoms with Crippen molar-refractivity contribution in [3.8, 4) is 11.5 Å². The predicted molar refractivity (Wildman–Crippen MR) is 70.8 cm³/mol. The van der Waals surface area contributed by atoms with Gasteiger partial charge in [0.1, 0.15) is 4.66 Å². The molecular weight excluding hydrogens is 322 g/mol. The van der Waals surface area contributed by atoms with Crippen molar-refractivity contribution in [3.63, 3.8) is 0 Å². The number of nitrogens with one attached hydrogen (secondary N) is 1.